The molecule has 0 saturated heterocycles. The van der Waals surface area contributed by atoms with Gasteiger partial charge in [0, 0.05) is 12.6 Å². The van der Waals surface area contributed by atoms with E-state index in [1.165, 1.54) is 11.1 Å². The fourth-order valence-corrected chi connectivity index (χ4v) is 1.92. The summed E-state index contributed by atoms with van der Waals surface area (Å²) in [7, 11) is 0. The van der Waals surface area contributed by atoms with Crippen LogP contribution in [0.1, 0.15) is 37.9 Å². The van der Waals surface area contributed by atoms with Crippen LogP contribution in [0.15, 0.2) is 36.4 Å². The van der Waals surface area contributed by atoms with Crippen molar-refractivity contribution in [3.05, 3.63) is 47.5 Å². The SMILES string of the molecule is C=C(C)CN(CC)[C@H](C)c1ccc(C#N)cc1. The standard InChI is InChI=1S/C15H20N2/c1-5-17(11-12(2)3)13(4)15-8-6-14(10-16)7-9-15/h6-9,13H,2,5,11H2,1,3-4H3/t13-/m1/s1. The van der Waals surface area contributed by atoms with Crippen molar-refractivity contribution in [3.8, 4) is 6.07 Å². The van der Waals surface area contributed by atoms with Gasteiger partial charge in [0.05, 0.1) is 11.6 Å². The number of likely N-dealkylation sites (N-methyl/N-ethyl adjacent to an activating group) is 1. The molecule has 0 aliphatic heterocycles. The molecule has 0 aliphatic carbocycles. The first-order valence-corrected chi connectivity index (χ1v) is 5.97. The van der Waals surface area contributed by atoms with E-state index >= 15 is 0 Å². The van der Waals surface area contributed by atoms with Crippen molar-refractivity contribution in [2.45, 2.75) is 26.8 Å². The highest BCUT2D eigenvalue weighted by Crippen LogP contribution is 2.20. The van der Waals surface area contributed by atoms with Crippen LogP contribution in [0, 0.1) is 11.3 Å². The highest BCUT2D eigenvalue weighted by atomic mass is 15.1. The molecule has 2 nitrogen and oxygen atoms in total. The predicted molar refractivity (Wildman–Crippen MR) is 71.6 cm³/mol. The molecule has 0 radical (unpaired) electrons. The summed E-state index contributed by atoms with van der Waals surface area (Å²) in [6.07, 6.45) is 0. The molecule has 1 atom stereocenters. The Morgan fingerprint density at radius 1 is 1.41 bits per heavy atom. The summed E-state index contributed by atoms with van der Waals surface area (Å²) in [6, 6.07) is 10.3. The van der Waals surface area contributed by atoms with Crippen LogP contribution in [-0.2, 0) is 0 Å². The second kappa shape index (κ2) is 6.22. The second-order valence-corrected chi connectivity index (χ2v) is 4.43. The van der Waals surface area contributed by atoms with E-state index in [0.717, 1.165) is 13.1 Å². The first-order valence-electron chi connectivity index (χ1n) is 5.97. The average molecular weight is 228 g/mol. The Balaban J connectivity index is 2.82. The average Bonchev–Trinajstić information content (AvgIpc) is 2.35. The smallest absolute Gasteiger partial charge is 0.0991 e. The highest BCUT2D eigenvalue weighted by molar-refractivity contribution is 5.32. The minimum atomic E-state index is 0.351. The largest absolute Gasteiger partial charge is 0.293 e. The third-order valence-corrected chi connectivity index (χ3v) is 2.95. The van der Waals surface area contributed by atoms with E-state index in [-0.39, 0.29) is 0 Å². The van der Waals surface area contributed by atoms with Crippen LogP contribution in [-0.4, -0.2) is 18.0 Å². The Kier molecular flexibility index (Phi) is 4.93. The predicted octanol–water partition coefficient (Wildman–Crippen LogP) is 3.52. The van der Waals surface area contributed by atoms with Gasteiger partial charge in [0.15, 0.2) is 0 Å². The van der Waals surface area contributed by atoms with Crippen molar-refractivity contribution >= 4 is 0 Å². The summed E-state index contributed by atoms with van der Waals surface area (Å²) in [6.45, 7) is 12.3. The molecule has 0 aromatic heterocycles. The molecule has 1 aromatic rings. The van der Waals surface area contributed by atoms with Crippen molar-refractivity contribution in [2.24, 2.45) is 0 Å². The highest BCUT2D eigenvalue weighted by Gasteiger charge is 2.13. The molecule has 0 unspecified atom stereocenters. The van der Waals surface area contributed by atoms with Crippen LogP contribution in [0.5, 0.6) is 0 Å². The van der Waals surface area contributed by atoms with Crippen LogP contribution in [0.2, 0.25) is 0 Å². The van der Waals surface area contributed by atoms with Crippen LogP contribution in [0.3, 0.4) is 0 Å². The molecule has 0 fully saturated rings. The lowest BCUT2D eigenvalue weighted by Gasteiger charge is -2.28. The molecule has 0 bridgehead atoms. The molecule has 0 aliphatic rings. The Morgan fingerprint density at radius 3 is 2.41 bits per heavy atom. The number of nitriles is 1. The van der Waals surface area contributed by atoms with Gasteiger partial charge >= 0.3 is 0 Å². The minimum absolute atomic E-state index is 0.351. The summed E-state index contributed by atoms with van der Waals surface area (Å²) in [5, 5.41) is 8.77. The summed E-state index contributed by atoms with van der Waals surface area (Å²) in [4.78, 5) is 2.36. The molecule has 0 N–H and O–H groups in total. The zero-order valence-electron chi connectivity index (χ0n) is 10.9. The fraction of sp³-hybridized carbons (Fsp3) is 0.400. The van der Waals surface area contributed by atoms with Gasteiger partial charge < -0.3 is 0 Å². The molecule has 1 aromatic carbocycles. The van der Waals surface area contributed by atoms with Crippen LogP contribution >= 0.6 is 0 Å². The number of hydrogen-bond acceptors (Lipinski definition) is 2. The Labute approximate surface area is 104 Å². The molecule has 90 valence electrons. The molecule has 0 saturated carbocycles. The maximum Gasteiger partial charge on any atom is 0.0991 e. The summed E-state index contributed by atoms with van der Waals surface area (Å²) in [5.74, 6) is 0. The van der Waals surface area contributed by atoms with E-state index in [9.17, 15) is 0 Å². The Hall–Kier alpha value is -1.59. The molecule has 0 spiro atoms. The van der Waals surface area contributed by atoms with Crippen molar-refractivity contribution in [3.63, 3.8) is 0 Å². The van der Waals surface area contributed by atoms with Gasteiger partial charge in [-0.15, -0.1) is 0 Å². The minimum Gasteiger partial charge on any atom is -0.293 e. The quantitative estimate of drug-likeness (QED) is 0.721. The van der Waals surface area contributed by atoms with Gasteiger partial charge in [0.25, 0.3) is 0 Å². The van der Waals surface area contributed by atoms with Gasteiger partial charge in [-0.25, -0.2) is 0 Å². The second-order valence-electron chi connectivity index (χ2n) is 4.43. The van der Waals surface area contributed by atoms with E-state index in [1.54, 1.807) is 0 Å². The first-order chi connectivity index (χ1) is 8.08. The van der Waals surface area contributed by atoms with Gasteiger partial charge in [-0.1, -0.05) is 31.2 Å². The van der Waals surface area contributed by atoms with Crippen molar-refractivity contribution in [1.82, 2.24) is 4.90 Å². The zero-order valence-corrected chi connectivity index (χ0v) is 10.9. The molecular weight excluding hydrogens is 208 g/mol. The molecule has 0 amide bonds. The lowest BCUT2D eigenvalue weighted by atomic mass is 10.0. The van der Waals surface area contributed by atoms with Crippen LogP contribution in [0.25, 0.3) is 0 Å². The third-order valence-electron chi connectivity index (χ3n) is 2.95. The summed E-state index contributed by atoms with van der Waals surface area (Å²) >= 11 is 0. The Bertz CT molecular complexity index is 412. The molecular formula is C15H20N2. The Morgan fingerprint density at radius 2 is 2.00 bits per heavy atom. The van der Waals surface area contributed by atoms with E-state index in [0.29, 0.717) is 11.6 Å². The van der Waals surface area contributed by atoms with E-state index < -0.39 is 0 Å². The first kappa shape index (κ1) is 13.5. The summed E-state index contributed by atoms with van der Waals surface area (Å²) < 4.78 is 0. The van der Waals surface area contributed by atoms with Gasteiger partial charge in [-0.2, -0.15) is 5.26 Å². The third kappa shape index (κ3) is 3.72. The number of rotatable bonds is 5. The number of hydrogen-bond donors (Lipinski definition) is 0. The molecule has 17 heavy (non-hydrogen) atoms. The number of benzene rings is 1. The fourth-order valence-electron chi connectivity index (χ4n) is 1.92. The van der Waals surface area contributed by atoms with Crippen molar-refractivity contribution in [1.29, 1.82) is 5.26 Å². The molecule has 0 heterocycles. The van der Waals surface area contributed by atoms with Gasteiger partial charge in [0.2, 0.25) is 0 Å². The van der Waals surface area contributed by atoms with E-state index in [4.69, 9.17) is 5.26 Å². The normalized spacial score (nSPS) is 12.2. The zero-order chi connectivity index (χ0) is 12.8. The van der Waals surface area contributed by atoms with Crippen LogP contribution < -0.4 is 0 Å². The lowest BCUT2D eigenvalue weighted by Crippen LogP contribution is -2.28. The lowest BCUT2D eigenvalue weighted by molar-refractivity contribution is 0.241. The van der Waals surface area contributed by atoms with E-state index in [2.05, 4.69) is 31.4 Å². The topological polar surface area (TPSA) is 27.0 Å². The van der Waals surface area contributed by atoms with Gasteiger partial charge in [-0.3, -0.25) is 4.90 Å². The van der Waals surface area contributed by atoms with Crippen LogP contribution in [0.4, 0.5) is 0 Å². The summed E-state index contributed by atoms with van der Waals surface area (Å²) in [5.41, 5.74) is 3.13. The maximum absolute atomic E-state index is 8.77. The van der Waals surface area contributed by atoms with Crippen molar-refractivity contribution in [2.75, 3.05) is 13.1 Å². The van der Waals surface area contributed by atoms with Gasteiger partial charge in [0.1, 0.15) is 0 Å². The molecule has 2 heteroatoms. The monoisotopic (exact) mass is 228 g/mol. The van der Waals surface area contributed by atoms with Crippen molar-refractivity contribution < 1.29 is 0 Å². The van der Waals surface area contributed by atoms with E-state index in [1.807, 2.05) is 31.2 Å². The molecule has 1 rings (SSSR count). The maximum atomic E-state index is 8.77. The number of nitrogens with zero attached hydrogens (tertiary/aromatic N) is 2. The van der Waals surface area contributed by atoms with Gasteiger partial charge in [-0.05, 0) is 38.1 Å².